The minimum Gasteiger partial charge on any atom is -0.508 e. The maximum atomic E-state index is 10.7. The number of hydrogen-bond acceptors (Lipinski definition) is 2. The molecule has 1 saturated carbocycles. The summed E-state index contributed by atoms with van der Waals surface area (Å²) < 4.78 is 0. The number of aromatic hydroxyl groups is 1. The fraction of sp³-hybridized carbons (Fsp3) is 0.227. The van der Waals surface area contributed by atoms with Crippen LogP contribution in [0.4, 0.5) is 0 Å². The number of aliphatic carboxylic acids is 1. The molecule has 2 aromatic rings. The Bertz CT molecular complexity index is 788. The second-order valence-electron chi connectivity index (χ2n) is 6.38. The van der Waals surface area contributed by atoms with Crippen LogP contribution in [-0.2, 0) is 4.79 Å². The summed E-state index contributed by atoms with van der Waals surface area (Å²) in [6.07, 6.45) is 8.68. The lowest BCUT2D eigenvalue weighted by Crippen LogP contribution is -2.00. The van der Waals surface area contributed by atoms with Gasteiger partial charge >= 0.3 is 5.97 Å². The van der Waals surface area contributed by atoms with E-state index >= 15 is 0 Å². The Morgan fingerprint density at radius 2 is 1.40 bits per heavy atom. The van der Waals surface area contributed by atoms with Gasteiger partial charge in [0, 0.05) is 6.08 Å². The zero-order valence-corrected chi connectivity index (χ0v) is 14.1. The molecular formula is C22H22O3. The van der Waals surface area contributed by atoms with Crippen LogP contribution in [0.2, 0.25) is 0 Å². The first-order chi connectivity index (χ1) is 12.1. The maximum Gasteiger partial charge on any atom is 0.328 e. The molecule has 25 heavy (non-hydrogen) atoms. The summed E-state index contributed by atoms with van der Waals surface area (Å²) in [5, 5.41) is 18.3. The van der Waals surface area contributed by atoms with Crippen molar-refractivity contribution in [2.24, 2.45) is 0 Å². The highest BCUT2D eigenvalue weighted by molar-refractivity contribution is 5.86. The van der Waals surface area contributed by atoms with Gasteiger partial charge in [0.05, 0.1) is 0 Å². The second-order valence-corrected chi connectivity index (χ2v) is 6.38. The first-order valence-corrected chi connectivity index (χ1v) is 8.66. The summed E-state index contributed by atoms with van der Waals surface area (Å²) in [6, 6.07) is 15.4. The summed E-state index contributed by atoms with van der Waals surface area (Å²) >= 11 is 0. The molecule has 2 N–H and O–H groups in total. The monoisotopic (exact) mass is 334 g/mol. The zero-order chi connectivity index (χ0) is 17.6. The minimum absolute atomic E-state index is 0.269. The molecule has 1 aliphatic carbocycles. The quantitative estimate of drug-likeness (QED) is 0.750. The van der Waals surface area contributed by atoms with Crippen LogP contribution >= 0.6 is 0 Å². The number of carbonyl (C=O) groups is 1. The molecule has 128 valence electrons. The third kappa shape index (κ3) is 4.38. The molecule has 0 spiro atoms. The maximum absolute atomic E-state index is 10.7. The van der Waals surface area contributed by atoms with E-state index < -0.39 is 5.97 Å². The average molecular weight is 334 g/mol. The van der Waals surface area contributed by atoms with E-state index in [4.69, 9.17) is 5.11 Å². The van der Waals surface area contributed by atoms with E-state index in [0.717, 1.165) is 35.6 Å². The molecule has 0 atom stereocenters. The van der Waals surface area contributed by atoms with Gasteiger partial charge in [-0.05, 0) is 66.2 Å². The molecule has 3 nitrogen and oxygen atoms in total. The summed E-state index contributed by atoms with van der Waals surface area (Å²) in [6.45, 7) is 0. The molecular weight excluding hydrogens is 312 g/mol. The Balaban J connectivity index is 2.00. The van der Waals surface area contributed by atoms with Gasteiger partial charge in [0.2, 0.25) is 0 Å². The van der Waals surface area contributed by atoms with Gasteiger partial charge in [-0.15, -0.1) is 0 Å². The molecule has 0 bridgehead atoms. The summed E-state index contributed by atoms with van der Waals surface area (Å²) in [7, 11) is 0. The van der Waals surface area contributed by atoms with E-state index in [1.165, 1.54) is 30.4 Å². The smallest absolute Gasteiger partial charge is 0.328 e. The number of phenols is 1. The summed E-state index contributed by atoms with van der Waals surface area (Å²) in [5.41, 5.74) is 5.82. The molecule has 0 aliphatic heterocycles. The van der Waals surface area contributed by atoms with Gasteiger partial charge in [-0.1, -0.05) is 48.4 Å². The number of hydrogen-bond donors (Lipinski definition) is 2. The van der Waals surface area contributed by atoms with Crippen LogP contribution in [0.15, 0.2) is 60.2 Å². The van der Waals surface area contributed by atoms with Gasteiger partial charge in [0.15, 0.2) is 0 Å². The standard InChI is InChI=1S/C22H22O3/c23-20-13-11-19(12-14-20)22(17-4-2-1-3-5-17)18-9-6-16(7-10-18)8-15-21(24)25/h6-15,23H,1-5H2,(H,24,25)/b15-8+. The molecule has 0 aromatic heterocycles. The van der Waals surface area contributed by atoms with Crippen LogP contribution in [0.1, 0.15) is 48.8 Å². The van der Waals surface area contributed by atoms with E-state index in [1.807, 2.05) is 36.4 Å². The highest BCUT2D eigenvalue weighted by Crippen LogP contribution is 2.35. The molecule has 0 radical (unpaired) electrons. The number of rotatable bonds is 4. The first kappa shape index (κ1) is 17.0. The SMILES string of the molecule is O=C(O)/C=C/c1ccc(C(=C2CCCCC2)c2ccc(O)cc2)cc1. The predicted molar refractivity (Wildman–Crippen MR) is 100 cm³/mol. The van der Waals surface area contributed by atoms with Gasteiger partial charge in [-0.25, -0.2) is 4.79 Å². The molecule has 1 aliphatic rings. The Morgan fingerprint density at radius 3 is 1.96 bits per heavy atom. The molecule has 2 aromatic carbocycles. The third-order valence-corrected chi connectivity index (χ3v) is 4.58. The van der Waals surface area contributed by atoms with Crippen LogP contribution in [-0.4, -0.2) is 16.2 Å². The highest BCUT2D eigenvalue weighted by atomic mass is 16.4. The lowest BCUT2D eigenvalue weighted by atomic mass is 9.85. The fourth-order valence-electron chi connectivity index (χ4n) is 3.36. The molecule has 0 heterocycles. The highest BCUT2D eigenvalue weighted by Gasteiger charge is 2.15. The Labute approximate surface area is 148 Å². The van der Waals surface area contributed by atoms with Crippen LogP contribution in [0, 0.1) is 0 Å². The van der Waals surface area contributed by atoms with Crippen molar-refractivity contribution in [3.05, 3.63) is 76.9 Å². The van der Waals surface area contributed by atoms with Gasteiger partial charge in [-0.3, -0.25) is 0 Å². The van der Waals surface area contributed by atoms with Crippen molar-refractivity contribution in [1.82, 2.24) is 0 Å². The number of phenolic OH excluding ortho intramolecular Hbond substituents is 1. The van der Waals surface area contributed by atoms with Crippen LogP contribution < -0.4 is 0 Å². The topological polar surface area (TPSA) is 57.5 Å². The van der Waals surface area contributed by atoms with Crippen LogP contribution in [0.25, 0.3) is 11.6 Å². The van der Waals surface area contributed by atoms with Crippen molar-refractivity contribution in [3.8, 4) is 5.75 Å². The van der Waals surface area contributed by atoms with Crippen molar-refractivity contribution in [2.75, 3.05) is 0 Å². The second kappa shape index (κ2) is 7.84. The largest absolute Gasteiger partial charge is 0.508 e. The van der Waals surface area contributed by atoms with E-state index in [2.05, 4.69) is 0 Å². The van der Waals surface area contributed by atoms with E-state index in [-0.39, 0.29) is 5.75 Å². The van der Waals surface area contributed by atoms with Crippen molar-refractivity contribution in [1.29, 1.82) is 0 Å². The lowest BCUT2D eigenvalue weighted by molar-refractivity contribution is -0.131. The predicted octanol–water partition coefficient (Wildman–Crippen LogP) is 5.26. The summed E-state index contributed by atoms with van der Waals surface area (Å²) in [4.78, 5) is 10.7. The molecule has 0 saturated heterocycles. The number of carboxylic acid groups (broad SMARTS) is 1. The molecule has 0 amide bonds. The van der Waals surface area contributed by atoms with Crippen molar-refractivity contribution < 1.29 is 15.0 Å². The van der Waals surface area contributed by atoms with Crippen LogP contribution in [0.3, 0.4) is 0 Å². The van der Waals surface area contributed by atoms with Crippen molar-refractivity contribution >= 4 is 17.6 Å². The number of carboxylic acids is 1. The lowest BCUT2D eigenvalue weighted by Gasteiger charge is -2.20. The van der Waals surface area contributed by atoms with Gasteiger partial charge in [-0.2, -0.15) is 0 Å². The number of allylic oxidation sites excluding steroid dienone is 1. The van der Waals surface area contributed by atoms with Crippen molar-refractivity contribution in [3.63, 3.8) is 0 Å². The summed E-state index contributed by atoms with van der Waals surface area (Å²) in [5.74, 6) is -0.677. The Hall–Kier alpha value is -2.81. The van der Waals surface area contributed by atoms with Gasteiger partial charge in [0.1, 0.15) is 5.75 Å². The fourth-order valence-corrected chi connectivity index (χ4v) is 3.36. The first-order valence-electron chi connectivity index (χ1n) is 8.66. The van der Waals surface area contributed by atoms with Gasteiger partial charge in [0.25, 0.3) is 0 Å². The van der Waals surface area contributed by atoms with E-state index in [0.29, 0.717) is 0 Å². The van der Waals surface area contributed by atoms with Crippen molar-refractivity contribution in [2.45, 2.75) is 32.1 Å². The number of benzene rings is 2. The Kier molecular flexibility index (Phi) is 5.34. The van der Waals surface area contributed by atoms with Gasteiger partial charge < -0.3 is 10.2 Å². The average Bonchev–Trinajstić information content (AvgIpc) is 2.64. The van der Waals surface area contributed by atoms with E-state index in [9.17, 15) is 9.90 Å². The molecule has 1 fully saturated rings. The normalized spacial score (nSPS) is 14.6. The molecule has 0 unspecified atom stereocenters. The van der Waals surface area contributed by atoms with Crippen LogP contribution in [0.5, 0.6) is 5.75 Å². The van der Waals surface area contributed by atoms with E-state index in [1.54, 1.807) is 18.2 Å². The molecule has 3 heteroatoms. The Morgan fingerprint density at radius 1 is 0.840 bits per heavy atom. The third-order valence-electron chi connectivity index (χ3n) is 4.58. The molecule has 3 rings (SSSR count). The minimum atomic E-state index is -0.946. The zero-order valence-electron chi connectivity index (χ0n) is 14.1.